The molecule has 1 heterocycles. The highest BCUT2D eigenvalue weighted by Gasteiger charge is 2.18. The van der Waals surface area contributed by atoms with Gasteiger partial charge < -0.3 is 21.1 Å². The highest BCUT2D eigenvalue weighted by atomic mass is 19.1. The van der Waals surface area contributed by atoms with Crippen molar-refractivity contribution in [3.8, 4) is 5.75 Å². The Hall–Kier alpha value is -3.33. The standard InChI is InChI=1S/C20H23FN4O4/c1-12(19(27)25-15-5-3-13(21)4-6-15)7-14(22)10-23-20(28)18-9-17(29-2)8-16(11-26)24-18/h3-6,8-9,11-12,14H,7,10,22H2,1-2H3,(H,23,28)(H,25,27). The fourth-order valence-electron chi connectivity index (χ4n) is 2.58. The number of amides is 2. The number of hydrogen-bond donors (Lipinski definition) is 3. The Morgan fingerprint density at radius 3 is 2.59 bits per heavy atom. The van der Waals surface area contributed by atoms with Crippen molar-refractivity contribution in [2.75, 3.05) is 19.0 Å². The summed E-state index contributed by atoms with van der Waals surface area (Å²) in [6.07, 6.45) is 0.838. The van der Waals surface area contributed by atoms with Crippen molar-refractivity contribution in [1.82, 2.24) is 10.3 Å². The Balaban J connectivity index is 1.86. The molecular weight excluding hydrogens is 379 g/mol. The number of aldehydes is 1. The second kappa shape index (κ2) is 10.3. The first-order valence-electron chi connectivity index (χ1n) is 8.93. The number of aromatic nitrogens is 1. The number of pyridine rings is 1. The summed E-state index contributed by atoms with van der Waals surface area (Å²) >= 11 is 0. The average Bonchev–Trinajstić information content (AvgIpc) is 2.72. The molecule has 0 aliphatic rings. The molecular formula is C20H23FN4O4. The van der Waals surface area contributed by atoms with Crippen LogP contribution in [0.5, 0.6) is 5.75 Å². The normalized spacial score (nSPS) is 12.6. The highest BCUT2D eigenvalue weighted by molar-refractivity contribution is 5.94. The molecule has 2 amide bonds. The zero-order chi connectivity index (χ0) is 21.4. The minimum Gasteiger partial charge on any atom is -0.497 e. The van der Waals surface area contributed by atoms with Gasteiger partial charge in [-0.2, -0.15) is 0 Å². The molecule has 0 radical (unpaired) electrons. The highest BCUT2D eigenvalue weighted by Crippen LogP contribution is 2.14. The number of rotatable bonds is 9. The van der Waals surface area contributed by atoms with Crippen LogP contribution in [0.4, 0.5) is 10.1 Å². The van der Waals surface area contributed by atoms with E-state index in [-0.39, 0.29) is 29.7 Å². The Labute approximate surface area is 167 Å². The number of hydrogen-bond acceptors (Lipinski definition) is 6. The number of carbonyl (C=O) groups is 3. The minimum absolute atomic E-state index is 0.0285. The number of anilines is 1. The van der Waals surface area contributed by atoms with Gasteiger partial charge in [0.05, 0.1) is 7.11 Å². The molecule has 0 bridgehead atoms. The van der Waals surface area contributed by atoms with Gasteiger partial charge in [0.2, 0.25) is 5.91 Å². The van der Waals surface area contributed by atoms with E-state index in [1.807, 2.05) is 0 Å². The van der Waals surface area contributed by atoms with Crippen LogP contribution < -0.4 is 21.1 Å². The van der Waals surface area contributed by atoms with Gasteiger partial charge in [0, 0.05) is 36.3 Å². The van der Waals surface area contributed by atoms with Crippen LogP contribution in [-0.4, -0.2) is 42.8 Å². The van der Waals surface area contributed by atoms with Crippen LogP contribution >= 0.6 is 0 Å². The number of carbonyl (C=O) groups excluding carboxylic acids is 3. The first kappa shape index (κ1) is 22.0. The maximum atomic E-state index is 12.9. The zero-order valence-electron chi connectivity index (χ0n) is 16.1. The van der Waals surface area contributed by atoms with Crippen LogP contribution in [-0.2, 0) is 4.79 Å². The number of halogens is 1. The van der Waals surface area contributed by atoms with Crippen LogP contribution in [0, 0.1) is 11.7 Å². The van der Waals surface area contributed by atoms with Crippen LogP contribution in [0.15, 0.2) is 36.4 Å². The van der Waals surface area contributed by atoms with E-state index in [9.17, 15) is 18.8 Å². The number of nitrogens with two attached hydrogens (primary N) is 1. The molecule has 2 unspecified atom stereocenters. The van der Waals surface area contributed by atoms with E-state index < -0.39 is 17.9 Å². The van der Waals surface area contributed by atoms with Gasteiger partial charge in [0.15, 0.2) is 6.29 Å². The second-order valence-electron chi connectivity index (χ2n) is 6.54. The molecule has 9 heteroatoms. The molecule has 2 aromatic rings. The lowest BCUT2D eigenvalue weighted by molar-refractivity contribution is -0.119. The molecule has 8 nitrogen and oxygen atoms in total. The predicted octanol–water partition coefficient (Wildman–Crippen LogP) is 1.76. The molecule has 0 spiro atoms. The van der Waals surface area contributed by atoms with Gasteiger partial charge >= 0.3 is 0 Å². The molecule has 0 fully saturated rings. The number of nitrogens with zero attached hydrogens (tertiary/aromatic N) is 1. The first-order valence-corrected chi connectivity index (χ1v) is 8.93. The Kier molecular flexibility index (Phi) is 7.79. The molecule has 1 aromatic carbocycles. The minimum atomic E-state index is -0.508. The van der Waals surface area contributed by atoms with Gasteiger partial charge in [-0.3, -0.25) is 14.4 Å². The lowest BCUT2D eigenvalue weighted by Crippen LogP contribution is -2.40. The van der Waals surface area contributed by atoms with E-state index in [4.69, 9.17) is 10.5 Å². The smallest absolute Gasteiger partial charge is 0.270 e. The van der Waals surface area contributed by atoms with E-state index in [1.54, 1.807) is 6.92 Å². The summed E-state index contributed by atoms with van der Waals surface area (Å²) in [6, 6.07) is 7.78. The van der Waals surface area contributed by atoms with Crippen LogP contribution in [0.3, 0.4) is 0 Å². The summed E-state index contributed by atoms with van der Waals surface area (Å²) in [5.74, 6) is -1.25. The topological polar surface area (TPSA) is 123 Å². The zero-order valence-corrected chi connectivity index (χ0v) is 16.1. The fourth-order valence-corrected chi connectivity index (χ4v) is 2.58. The van der Waals surface area contributed by atoms with Gasteiger partial charge in [0.25, 0.3) is 5.91 Å². The van der Waals surface area contributed by atoms with E-state index in [1.165, 1.54) is 43.5 Å². The van der Waals surface area contributed by atoms with Crippen LogP contribution in [0.2, 0.25) is 0 Å². The molecule has 29 heavy (non-hydrogen) atoms. The Morgan fingerprint density at radius 1 is 1.28 bits per heavy atom. The van der Waals surface area contributed by atoms with E-state index in [0.29, 0.717) is 24.1 Å². The third-order valence-electron chi connectivity index (χ3n) is 4.15. The number of ether oxygens (including phenoxy) is 1. The summed E-state index contributed by atoms with van der Waals surface area (Å²) in [4.78, 5) is 39.3. The van der Waals surface area contributed by atoms with Crippen LogP contribution in [0.1, 0.15) is 34.3 Å². The summed E-state index contributed by atoms with van der Waals surface area (Å²) in [5, 5.41) is 5.32. The van der Waals surface area contributed by atoms with Gasteiger partial charge in [0.1, 0.15) is 23.0 Å². The summed E-state index contributed by atoms with van der Waals surface area (Å²) in [7, 11) is 1.42. The molecule has 0 saturated heterocycles. The maximum Gasteiger partial charge on any atom is 0.270 e. The Bertz CT molecular complexity index is 873. The Morgan fingerprint density at radius 2 is 1.97 bits per heavy atom. The fraction of sp³-hybridized carbons (Fsp3) is 0.300. The van der Waals surface area contributed by atoms with E-state index in [0.717, 1.165) is 0 Å². The monoisotopic (exact) mass is 402 g/mol. The maximum absolute atomic E-state index is 12.9. The third-order valence-corrected chi connectivity index (χ3v) is 4.15. The molecule has 1 aromatic heterocycles. The molecule has 154 valence electrons. The van der Waals surface area contributed by atoms with Crippen molar-refractivity contribution in [3.63, 3.8) is 0 Å². The van der Waals surface area contributed by atoms with Gasteiger partial charge in [-0.1, -0.05) is 6.92 Å². The molecule has 0 aliphatic heterocycles. The SMILES string of the molecule is COc1cc(C=O)nc(C(=O)NCC(N)CC(C)C(=O)Nc2ccc(F)cc2)c1. The average molecular weight is 402 g/mol. The van der Waals surface area contributed by atoms with Crippen molar-refractivity contribution < 1.29 is 23.5 Å². The molecule has 2 atom stereocenters. The van der Waals surface area contributed by atoms with E-state index in [2.05, 4.69) is 15.6 Å². The summed E-state index contributed by atoms with van der Waals surface area (Å²) in [5.41, 5.74) is 6.61. The second-order valence-corrected chi connectivity index (χ2v) is 6.54. The number of nitrogens with one attached hydrogen (secondary N) is 2. The molecule has 4 N–H and O–H groups in total. The van der Waals surface area contributed by atoms with Crippen molar-refractivity contribution in [3.05, 3.63) is 53.6 Å². The first-order chi connectivity index (χ1) is 13.8. The lowest BCUT2D eigenvalue weighted by Gasteiger charge is -2.18. The van der Waals surface area contributed by atoms with Crippen molar-refractivity contribution >= 4 is 23.8 Å². The third kappa shape index (κ3) is 6.65. The van der Waals surface area contributed by atoms with E-state index >= 15 is 0 Å². The largest absolute Gasteiger partial charge is 0.497 e. The van der Waals surface area contributed by atoms with Crippen molar-refractivity contribution in [2.45, 2.75) is 19.4 Å². The lowest BCUT2D eigenvalue weighted by atomic mass is 10.0. The number of methoxy groups -OCH3 is 1. The van der Waals surface area contributed by atoms with Crippen LogP contribution in [0.25, 0.3) is 0 Å². The quantitative estimate of drug-likeness (QED) is 0.549. The van der Waals surface area contributed by atoms with Gasteiger partial charge in [-0.25, -0.2) is 9.37 Å². The van der Waals surface area contributed by atoms with Crippen molar-refractivity contribution in [1.29, 1.82) is 0 Å². The molecule has 0 aliphatic carbocycles. The van der Waals surface area contributed by atoms with Crippen molar-refractivity contribution in [2.24, 2.45) is 11.7 Å². The molecule has 0 saturated carbocycles. The summed E-state index contributed by atoms with van der Waals surface area (Å²) < 4.78 is 18.0. The summed E-state index contributed by atoms with van der Waals surface area (Å²) in [6.45, 7) is 1.82. The molecule has 2 rings (SSSR count). The van der Waals surface area contributed by atoms with Gasteiger partial charge in [-0.15, -0.1) is 0 Å². The predicted molar refractivity (Wildman–Crippen MR) is 105 cm³/mol. The number of benzene rings is 1. The van der Waals surface area contributed by atoms with Gasteiger partial charge in [-0.05, 0) is 30.7 Å².